The largest absolute Gasteiger partial charge is 0.468 e. The van der Waals surface area contributed by atoms with Crippen LogP contribution in [0.2, 0.25) is 0 Å². The van der Waals surface area contributed by atoms with Crippen molar-refractivity contribution in [3.05, 3.63) is 22.4 Å². The quantitative estimate of drug-likeness (QED) is 0.779. The zero-order valence-corrected chi connectivity index (χ0v) is 9.55. The van der Waals surface area contributed by atoms with Crippen LogP contribution < -0.4 is 5.32 Å². The van der Waals surface area contributed by atoms with E-state index in [1.807, 2.05) is 0 Å². The van der Waals surface area contributed by atoms with E-state index in [-0.39, 0.29) is 12.0 Å². The van der Waals surface area contributed by atoms with Crippen LogP contribution in [0.3, 0.4) is 0 Å². The van der Waals surface area contributed by atoms with Gasteiger partial charge in [-0.25, -0.2) is 0 Å². The third-order valence-corrected chi connectivity index (χ3v) is 3.87. The molecule has 4 heteroatoms. The van der Waals surface area contributed by atoms with Crippen molar-refractivity contribution < 1.29 is 9.53 Å². The fourth-order valence-corrected chi connectivity index (χ4v) is 2.90. The molecule has 2 heterocycles. The molecule has 1 N–H and O–H groups in total. The van der Waals surface area contributed by atoms with Gasteiger partial charge in [0.15, 0.2) is 0 Å². The van der Waals surface area contributed by atoms with E-state index in [0.29, 0.717) is 5.92 Å². The first-order valence-electron chi connectivity index (χ1n) is 5.16. The molecular formula is C11H15NO2S. The Morgan fingerprint density at radius 3 is 3.20 bits per heavy atom. The Morgan fingerprint density at radius 1 is 1.67 bits per heavy atom. The number of carbonyl (C=O) groups excluding carboxylic acids is 1. The van der Waals surface area contributed by atoms with Crippen molar-refractivity contribution in [3.8, 4) is 0 Å². The molecule has 1 aliphatic rings. The first-order chi connectivity index (χ1) is 7.31. The smallest absolute Gasteiger partial charge is 0.322 e. The average molecular weight is 225 g/mol. The zero-order chi connectivity index (χ0) is 10.7. The van der Waals surface area contributed by atoms with Crippen LogP contribution in [0.25, 0.3) is 0 Å². The lowest BCUT2D eigenvalue weighted by atomic mass is 9.91. The third kappa shape index (κ3) is 2.38. The summed E-state index contributed by atoms with van der Waals surface area (Å²) >= 11 is 1.77. The Kier molecular flexibility index (Phi) is 3.38. The maximum atomic E-state index is 11.4. The lowest BCUT2D eigenvalue weighted by molar-refractivity contribution is -0.143. The summed E-state index contributed by atoms with van der Waals surface area (Å²) in [7, 11) is 1.44. The lowest BCUT2D eigenvalue weighted by Crippen LogP contribution is -2.43. The summed E-state index contributed by atoms with van der Waals surface area (Å²) in [5, 5.41) is 5.28. The van der Waals surface area contributed by atoms with Crippen molar-refractivity contribution in [3.63, 3.8) is 0 Å². The number of hydrogen-bond acceptors (Lipinski definition) is 4. The zero-order valence-electron chi connectivity index (χ0n) is 8.73. The molecule has 1 aromatic rings. The Bertz CT molecular complexity index is 323. The summed E-state index contributed by atoms with van der Waals surface area (Å²) in [5.41, 5.74) is 0. The van der Waals surface area contributed by atoms with E-state index in [2.05, 4.69) is 22.8 Å². The van der Waals surface area contributed by atoms with E-state index < -0.39 is 0 Å². The molecule has 0 aliphatic carbocycles. The highest BCUT2D eigenvalue weighted by Gasteiger charge is 2.28. The van der Waals surface area contributed by atoms with Crippen molar-refractivity contribution in [2.24, 2.45) is 0 Å². The van der Waals surface area contributed by atoms with Gasteiger partial charge in [-0.1, -0.05) is 6.07 Å². The summed E-state index contributed by atoms with van der Waals surface area (Å²) in [6.45, 7) is 0.891. The number of ether oxygens (including phenoxy) is 1. The van der Waals surface area contributed by atoms with Gasteiger partial charge in [-0.3, -0.25) is 4.79 Å². The number of methoxy groups -OCH3 is 1. The highest BCUT2D eigenvalue weighted by molar-refractivity contribution is 7.10. The minimum absolute atomic E-state index is 0.129. The molecule has 1 aliphatic heterocycles. The maximum Gasteiger partial charge on any atom is 0.322 e. The maximum absolute atomic E-state index is 11.4. The minimum atomic E-state index is -0.142. The highest BCUT2D eigenvalue weighted by atomic mass is 32.1. The lowest BCUT2D eigenvalue weighted by Gasteiger charge is -2.27. The van der Waals surface area contributed by atoms with Crippen molar-refractivity contribution in [2.45, 2.75) is 24.8 Å². The Hall–Kier alpha value is -0.870. The van der Waals surface area contributed by atoms with Gasteiger partial charge in [0.1, 0.15) is 6.04 Å². The van der Waals surface area contributed by atoms with Crippen LogP contribution in [-0.4, -0.2) is 25.7 Å². The number of rotatable bonds is 2. The second-order valence-electron chi connectivity index (χ2n) is 3.77. The van der Waals surface area contributed by atoms with Gasteiger partial charge in [-0.15, -0.1) is 11.3 Å². The van der Waals surface area contributed by atoms with Crippen LogP contribution in [0.15, 0.2) is 17.5 Å². The Morgan fingerprint density at radius 2 is 2.53 bits per heavy atom. The van der Waals surface area contributed by atoms with Crippen molar-refractivity contribution in [1.29, 1.82) is 0 Å². The molecule has 0 radical (unpaired) electrons. The van der Waals surface area contributed by atoms with E-state index in [1.54, 1.807) is 11.3 Å². The van der Waals surface area contributed by atoms with E-state index in [1.165, 1.54) is 12.0 Å². The van der Waals surface area contributed by atoms with E-state index in [4.69, 9.17) is 4.74 Å². The SMILES string of the molecule is COC(=O)C1CC(c2cccs2)CCN1. The van der Waals surface area contributed by atoms with Crippen LogP contribution in [0.5, 0.6) is 0 Å². The monoisotopic (exact) mass is 225 g/mol. The molecule has 0 amide bonds. The predicted molar refractivity (Wildman–Crippen MR) is 60.1 cm³/mol. The molecular weight excluding hydrogens is 210 g/mol. The van der Waals surface area contributed by atoms with Crippen LogP contribution >= 0.6 is 11.3 Å². The fraction of sp³-hybridized carbons (Fsp3) is 0.545. The molecule has 0 aromatic carbocycles. The van der Waals surface area contributed by atoms with Crippen LogP contribution in [0.1, 0.15) is 23.6 Å². The molecule has 15 heavy (non-hydrogen) atoms. The Balaban J connectivity index is 2.01. The van der Waals surface area contributed by atoms with Gasteiger partial charge >= 0.3 is 5.97 Å². The molecule has 0 saturated carbocycles. The summed E-state index contributed by atoms with van der Waals surface area (Å²) in [6.07, 6.45) is 1.96. The number of thiophene rings is 1. The number of hydrogen-bond donors (Lipinski definition) is 1. The van der Waals surface area contributed by atoms with Gasteiger partial charge in [0.2, 0.25) is 0 Å². The second kappa shape index (κ2) is 4.77. The molecule has 2 rings (SSSR count). The molecule has 2 atom stereocenters. The normalized spacial score (nSPS) is 26.2. The molecule has 1 fully saturated rings. The van der Waals surface area contributed by atoms with E-state index in [0.717, 1.165) is 19.4 Å². The van der Waals surface area contributed by atoms with Gasteiger partial charge in [0, 0.05) is 4.88 Å². The van der Waals surface area contributed by atoms with Gasteiger partial charge in [0.05, 0.1) is 7.11 Å². The first-order valence-corrected chi connectivity index (χ1v) is 6.04. The number of esters is 1. The fourth-order valence-electron chi connectivity index (χ4n) is 2.02. The summed E-state index contributed by atoms with van der Waals surface area (Å²) in [6, 6.07) is 4.08. The van der Waals surface area contributed by atoms with E-state index >= 15 is 0 Å². The third-order valence-electron chi connectivity index (χ3n) is 2.84. The standard InChI is InChI=1S/C11H15NO2S/c1-14-11(13)9-7-8(4-5-12-9)10-3-2-6-15-10/h2-3,6,8-9,12H,4-5,7H2,1H3. The van der Waals surface area contributed by atoms with Crippen LogP contribution in [-0.2, 0) is 9.53 Å². The highest BCUT2D eigenvalue weighted by Crippen LogP contribution is 2.30. The summed E-state index contributed by atoms with van der Waals surface area (Å²) < 4.78 is 4.76. The molecule has 0 spiro atoms. The molecule has 1 saturated heterocycles. The van der Waals surface area contributed by atoms with Crippen molar-refractivity contribution in [2.75, 3.05) is 13.7 Å². The molecule has 82 valence electrons. The molecule has 3 nitrogen and oxygen atoms in total. The molecule has 1 aromatic heterocycles. The van der Waals surface area contributed by atoms with Gasteiger partial charge in [-0.2, -0.15) is 0 Å². The van der Waals surface area contributed by atoms with Gasteiger partial charge < -0.3 is 10.1 Å². The number of nitrogens with one attached hydrogen (secondary N) is 1. The first kappa shape index (κ1) is 10.6. The van der Waals surface area contributed by atoms with Gasteiger partial charge in [0.25, 0.3) is 0 Å². The average Bonchev–Trinajstić information content (AvgIpc) is 2.82. The molecule has 2 unspecified atom stereocenters. The van der Waals surface area contributed by atoms with Crippen LogP contribution in [0.4, 0.5) is 0 Å². The number of piperidine rings is 1. The minimum Gasteiger partial charge on any atom is -0.468 e. The van der Waals surface area contributed by atoms with Gasteiger partial charge in [-0.05, 0) is 36.8 Å². The Labute approximate surface area is 93.4 Å². The summed E-state index contributed by atoms with van der Waals surface area (Å²) in [5.74, 6) is 0.367. The topological polar surface area (TPSA) is 38.3 Å². The number of carbonyl (C=O) groups is 1. The van der Waals surface area contributed by atoms with Crippen LogP contribution in [0, 0.1) is 0 Å². The predicted octanol–water partition coefficient (Wildman–Crippen LogP) is 1.76. The van der Waals surface area contributed by atoms with Crippen molar-refractivity contribution >= 4 is 17.3 Å². The van der Waals surface area contributed by atoms with Crippen molar-refractivity contribution in [1.82, 2.24) is 5.32 Å². The molecule has 0 bridgehead atoms. The summed E-state index contributed by atoms with van der Waals surface area (Å²) in [4.78, 5) is 12.8. The second-order valence-corrected chi connectivity index (χ2v) is 4.75. The van der Waals surface area contributed by atoms with E-state index in [9.17, 15) is 4.79 Å².